The van der Waals surface area contributed by atoms with Crippen LogP contribution in [-0.4, -0.2) is 11.0 Å². The quantitative estimate of drug-likeness (QED) is 0.765. The molecule has 1 aliphatic rings. The molecule has 0 aliphatic heterocycles. The molecule has 0 amide bonds. The van der Waals surface area contributed by atoms with Crippen LogP contribution in [0.1, 0.15) is 31.7 Å². The highest BCUT2D eigenvalue weighted by atomic mass is 15.0. The van der Waals surface area contributed by atoms with Crippen LogP contribution in [0.2, 0.25) is 0 Å². The smallest absolute Gasteiger partial charge is 0.129 e. The van der Waals surface area contributed by atoms with Crippen LogP contribution in [0.3, 0.4) is 0 Å². The first-order chi connectivity index (χ1) is 6.40. The van der Waals surface area contributed by atoms with Crippen LogP contribution in [0.15, 0.2) is 18.3 Å². The molecule has 2 rings (SSSR count). The number of pyridine rings is 1. The Labute approximate surface area is 79.4 Å². The first kappa shape index (κ1) is 8.54. The van der Waals surface area contributed by atoms with Crippen molar-refractivity contribution >= 4 is 5.82 Å². The normalized spacial score (nSPS) is 16.7. The van der Waals surface area contributed by atoms with Crippen molar-refractivity contribution in [2.24, 2.45) is 0 Å². The summed E-state index contributed by atoms with van der Waals surface area (Å²) in [7, 11) is 0. The minimum atomic E-state index is 0.681. The molecule has 0 radical (unpaired) electrons. The standard InChI is InChI=1S/C11H16N2/c1-2-9-5-4-8-12-11(9)13-10-6-3-7-10/h4-5,8,10H,2-3,6-7H2,1H3,(H,12,13). The summed E-state index contributed by atoms with van der Waals surface area (Å²) in [4.78, 5) is 4.36. The fourth-order valence-electron chi connectivity index (χ4n) is 1.60. The van der Waals surface area contributed by atoms with E-state index >= 15 is 0 Å². The molecule has 0 aromatic carbocycles. The van der Waals surface area contributed by atoms with Gasteiger partial charge in [-0.05, 0) is 37.3 Å². The Morgan fingerprint density at radius 2 is 2.38 bits per heavy atom. The lowest BCUT2D eigenvalue weighted by Gasteiger charge is -2.27. The number of hydrogen-bond acceptors (Lipinski definition) is 2. The molecular weight excluding hydrogens is 160 g/mol. The monoisotopic (exact) mass is 176 g/mol. The lowest BCUT2D eigenvalue weighted by Crippen LogP contribution is -2.27. The van der Waals surface area contributed by atoms with Crippen molar-refractivity contribution in [1.29, 1.82) is 0 Å². The molecule has 1 aromatic heterocycles. The summed E-state index contributed by atoms with van der Waals surface area (Å²) in [6.45, 7) is 2.17. The van der Waals surface area contributed by atoms with E-state index in [0.717, 1.165) is 12.2 Å². The van der Waals surface area contributed by atoms with Crippen LogP contribution >= 0.6 is 0 Å². The molecule has 0 unspecified atom stereocenters. The summed E-state index contributed by atoms with van der Waals surface area (Å²) in [6.07, 6.45) is 6.90. The summed E-state index contributed by atoms with van der Waals surface area (Å²) >= 11 is 0. The van der Waals surface area contributed by atoms with Gasteiger partial charge in [-0.25, -0.2) is 4.98 Å². The van der Waals surface area contributed by atoms with Crippen molar-refractivity contribution in [3.63, 3.8) is 0 Å². The lowest BCUT2D eigenvalue weighted by atomic mass is 9.93. The molecule has 2 nitrogen and oxygen atoms in total. The lowest BCUT2D eigenvalue weighted by molar-refractivity contribution is 0.444. The zero-order valence-electron chi connectivity index (χ0n) is 8.09. The van der Waals surface area contributed by atoms with Crippen LogP contribution in [0.4, 0.5) is 5.82 Å². The first-order valence-electron chi connectivity index (χ1n) is 5.10. The van der Waals surface area contributed by atoms with Gasteiger partial charge in [0, 0.05) is 12.2 Å². The summed E-state index contributed by atoms with van der Waals surface area (Å²) in [5, 5.41) is 3.49. The third-order valence-corrected chi connectivity index (χ3v) is 2.72. The number of aryl methyl sites for hydroxylation is 1. The fraction of sp³-hybridized carbons (Fsp3) is 0.545. The molecule has 0 spiro atoms. The Hall–Kier alpha value is -1.05. The summed E-state index contributed by atoms with van der Waals surface area (Å²) in [5.74, 6) is 1.09. The van der Waals surface area contributed by atoms with Gasteiger partial charge in [0.25, 0.3) is 0 Å². The minimum absolute atomic E-state index is 0.681. The second-order valence-electron chi connectivity index (χ2n) is 3.64. The van der Waals surface area contributed by atoms with Gasteiger partial charge in [-0.15, -0.1) is 0 Å². The Morgan fingerprint density at radius 3 is 3.00 bits per heavy atom. The summed E-state index contributed by atoms with van der Waals surface area (Å²) in [6, 6.07) is 4.83. The maximum Gasteiger partial charge on any atom is 0.129 e. The van der Waals surface area contributed by atoms with E-state index < -0.39 is 0 Å². The van der Waals surface area contributed by atoms with Crippen molar-refractivity contribution in [3.8, 4) is 0 Å². The van der Waals surface area contributed by atoms with Crippen LogP contribution in [0, 0.1) is 0 Å². The molecule has 1 N–H and O–H groups in total. The molecular formula is C11H16N2. The fourth-order valence-corrected chi connectivity index (χ4v) is 1.60. The molecule has 0 bridgehead atoms. The van der Waals surface area contributed by atoms with Crippen molar-refractivity contribution in [3.05, 3.63) is 23.9 Å². The first-order valence-corrected chi connectivity index (χ1v) is 5.10. The maximum atomic E-state index is 4.36. The number of rotatable bonds is 3. The SMILES string of the molecule is CCc1cccnc1NC1CCC1. The molecule has 1 saturated carbocycles. The predicted octanol–water partition coefficient (Wildman–Crippen LogP) is 2.61. The van der Waals surface area contributed by atoms with E-state index in [9.17, 15) is 0 Å². The maximum absolute atomic E-state index is 4.36. The van der Waals surface area contributed by atoms with Gasteiger partial charge in [-0.1, -0.05) is 13.0 Å². The number of nitrogens with one attached hydrogen (secondary N) is 1. The van der Waals surface area contributed by atoms with Gasteiger partial charge in [-0.3, -0.25) is 0 Å². The molecule has 0 atom stereocenters. The molecule has 13 heavy (non-hydrogen) atoms. The van der Waals surface area contributed by atoms with Crippen LogP contribution in [-0.2, 0) is 6.42 Å². The zero-order valence-corrected chi connectivity index (χ0v) is 8.09. The average Bonchev–Trinajstić information content (AvgIpc) is 2.12. The van der Waals surface area contributed by atoms with E-state index in [4.69, 9.17) is 0 Å². The number of nitrogens with zero attached hydrogens (tertiary/aromatic N) is 1. The predicted molar refractivity (Wildman–Crippen MR) is 54.9 cm³/mol. The van der Waals surface area contributed by atoms with Crippen molar-refractivity contribution in [1.82, 2.24) is 4.98 Å². The molecule has 2 heteroatoms. The Kier molecular flexibility index (Phi) is 2.48. The Bertz CT molecular complexity index is 279. The van der Waals surface area contributed by atoms with Crippen molar-refractivity contribution < 1.29 is 0 Å². The van der Waals surface area contributed by atoms with Crippen molar-refractivity contribution in [2.75, 3.05) is 5.32 Å². The third kappa shape index (κ3) is 1.82. The summed E-state index contributed by atoms with van der Waals surface area (Å²) in [5.41, 5.74) is 1.33. The second kappa shape index (κ2) is 3.77. The second-order valence-corrected chi connectivity index (χ2v) is 3.64. The highest BCUT2D eigenvalue weighted by molar-refractivity contribution is 5.44. The van der Waals surface area contributed by atoms with Gasteiger partial charge < -0.3 is 5.32 Å². The minimum Gasteiger partial charge on any atom is -0.367 e. The van der Waals surface area contributed by atoms with Crippen LogP contribution in [0.5, 0.6) is 0 Å². The zero-order chi connectivity index (χ0) is 9.10. The van der Waals surface area contributed by atoms with Gasteiger partial charge in [0.2, 0.25) is 0 Å². The topological polar surface area (TPSA) is 24.9 Å². The Morgan fingerprint density at radius 1 is 1.54 bits per heavy atom. The molecule has 1 aromatic rings. The number of anilines is 1. The van der Waals surface area contributed by atoms with Gasteiger partial charge in [0.1, 0.15) is 5.82 Å². The van der Waals surface area contributed by atoms with E-state index in [1.807, 2.05) is 12.3 Å². The van der Waals surface area contributed by atoms with Crippen LogP contribution in [0.25, 0.3) is 0 Å². The largest absolute Gasteiger partial charge is 0.367 e. The average molecular weight is 176 g/mol. The van der Waals surface area contributed by atoms with Gasteiger partial charge in [0.05, 0.1) is 0 Å². The molecule has 1 aliphatic carbocycles. The van der Waals surface area contributed by atoms with Gasteiger partial charge in [0.15, 0.2) is 0 Å². The van der Waals surface area contributed by atoms with Crippen LogP contribution < -0.4 is 5.32 Å². The third-order valence-electron chi connectivity index (χ3n) is 2.72. The summed E-state index contributed by atoms with van der Waals surface area (Å²) < 4.78 is 0. The van der Waals surface area contributed by atoms with Gasteiger partial charge in [-0.2, -0.15) is 0 Å². The van der Waals surface area contributed by atoms with E-state index in [0.29, 0.717) is 6.04 Å². The number of hydrogen-bond donors (Lipinski definition) is 1. The van der Waals surface area contributed by atoms with Gasteiger partial charge >= 0.3 is 0 Å². The molecule has 0 saturated heterocycles. The number of aromatic nitrogens is 1. The highest BCUT2D eigenvalue weighted by Gasteiger charge is 2.17. The highest BCUT2D eigenvalue weighted by Crippen LogP contribution is 2.23. The molecule has 1 heterocycles. The molecule has 70 valence electrons. The van der Waals surface area contributed by atoms with E-state index in [1.165, 1.54) is 24.8 Å². The van der Waals surface area contributed by atoms with E-state index in [1.54, 1.807) is 0 Å². The van der Waals surface area contributed by atoms with E-state index in [2.05, 4.69) is 23.3 Å². The molecule has 1 fully saturated rings. The van der Waals surface area contributed by atoms with E-state index in [-0.39, 0.29) is 0 Å². The van der Waals surface area contributed by atoms with Crippen molar-refractivity contribution in [2.45, 2.75) is 38.6 Å². The Balaban J connectivity index is 2.08.